The first-order valence-corrected chi connectivity index (χ1v) is 13.0. The normalized spacial score (nSPS) is 15.6. The van der Waals surface area contributed by atoms with Gasteiger partial charge in [0.15, 0.2) is 0 Å². The van der Waals surface area contributed by atoms with Crippen molar-refractivity contribution < 1.29 is 36.2 Å². The van der Waals surface area contributed by atoms with Crippen LogP contribution >= 0.6 is 0 Å². The number of rotatable bonds is 6. The van der Waals surface area contributed by atoms with Crippen LogP contribution < -0.4 is 10.6 Å². The van der Waals surface area contributed by atoms with Crippen molar-refractivity contribution in [2.45, 2.75) is 43.4 Å². The Balaban J connectivity index is 1.18. The SMILES string of the molecule is O=C(Nc1ccncc1)Nc1ccc2nn(C3CCN(Cc4ccc(C(O)(C(F)(F)F)C(F)(F)F)cc4)CC3)cc2c1. The fourth-order valence-corrected chi connectivity index (χ4v) is 4.98. The van der Waals surface area contributed by atoms with Crippen LogP contribution in [0.1, 0.15) is 30.0 Å². The maximum atomic E-state index is 13.1. The molecule has 5 rings (SSSR count). The molecule has 1 fully saturated rings. The van der Waals surface area contributed by atoms with Gasteiger partial charge in [-0.1, -0.05) is 24.3 Å². The molecule has 1 aliphatic rings. The lowest BCUT2D eigenvalue weighted by molar-refractivity contribution is -0.376. The number of nitrogens with one attached hydrogen (secondary N) is 2. The average molecular weight is 593 g/mol. The molecule has 0 atom stereocenters. The van der Waals surface area contributed by atoms with Gasteiger partial charge >= 0.3 is 18.4 Å². The number of piperidine rings is 1. The summed E-state index contributed by atoms with van der Waals surface area (Å²) in [6.45, 7) is 1.61. The van der Waals surface area contributed by atoms with Crippen LogP contribution in [0.4, 0.5) is 42.5 Å². The summed E-state index contributed by atoms with van der Waals surface area (Å²) in [7, 11) is 0. The second-order valence-corrected chi connectivity index (χ2v) is 10.1. The summed E-state index contributed by atoms with van der Waals surface area (Å²) in [6.07, 6.45) is -5.33. The van der Waals surface area contributed by atoms with Gasteiger partial charge in [-0.05, 0) is 48.7 Å². The number of alkyl halides is 6. The zero-order valence-corrected chi connectivity index (χ0v) is 22.0. The van der Waals surface area contributed by atoms with Crippen molar-refractivity contribution in [1.29, 1.82) is 0 Å². The quantitative estimate of drug-likeness (QED) is 0.231. The first-order valence-electron chi connectivity index (χ1n) is 13.0. The summed E-state index contributed by atoms with van der Waals surface area (Å²) < 4.78 is 80.7. The third-order valence-corrected chi connectivity index (χ3v) is 7.25. The predicted molar refractivity (Wildman–Crippen MR) is 143 cm³/mol. The molecule has 8 nitrogen and oxygen atoms in total. The number of aliphatic hydroxyl groups is 1. The Morgan fingerprint density at radius 2 is 1.50 bits per heavy atom. The van der Waals surface area contributed by atoms with Crippen LogP contribution in [0.2, 0.25) is 0 Å². The van der Waals surface area contributed by atoms with E-state index >= 15 is 0 Å². The molecule has 0 unspecified atom stereocenters. The average Bonchev–Trinajstić information content (AvgIpc) is 3.36. The number of hydrogen-bond acceptors (Lipinski definition) is 5. The summed E-state index contributed by atoms with van der Waals surface area (Å²) in [5.74, 6) is 0. The van der Waals surface area contributed by atoms with Gasteiger partial charge in [-0.2, -0.15) is 31.4 Å². The molecular formula is C28H26F6N6O2. The van der Waals surface area contributed by atoms with E-state index in [1.807, 2.05) is 23.0 Å². The molecule has 0 saturated carbocycles. The summed E-state index contributed by atoms with van der Waals surface area (Å²) in [5, 5.41) is 20.6. The number of carbonyl (C=O) groups is 1. The molecule has 3 N–H and O–H groups in total. The minimum absolute atomic E-state index is 0.0935. The molecule has 0 aliphatic carbocycles. The number of pyridine rings is 1. The minimum atomic E-state index is -5.92. The van der Waals surface area contributed by atoms with Crippen molar-refractivity contribution in [1.82, 2.24) is 19.7 Å². The zero-order chi connectivity index (χ0) is 30.1. The lowest BCUT2D eigenvalue weighted by atomic mass is 9.91. The van der Waals surface area contributed by atoms with Crippen molar-refractivity contribution in [2.24, 2.45) is 0 Å². The highest BCUT2D eigenvalue weighted by molar-refractivity contribution is 6.00. The molecule has 1 aliphatic heterocycles. The molecule has 0 radical (unpaired) electrons. The zero-order valence-electron chi connectivity index (χ0n) is 22.0. The number of anilines is 2. The molecule has 2 amide bonds. The van der Waals surface area contributed by atoms with Crippen molar-refractivity contribution in [3.8, 4) is 0 Å². The number of hydrogen-bond donors (Lipinski definition) is 3. The highest BCUT2D eigenvalue weighted by atomic mass is 19.4. The number of urea groups is 1. The van der Waals surface area contributed by atoms with E-state index in [9.17, 15) is 36.2 Å². The number of fused-ring (bicyclic) bond motifs is 1. The van der Waals surface area contributed by atoms with E-state index in [1.165, 1.54) is 12.1 Å². The van der Waals surface area contributed by atoms with Crippen LogP contribution in [0.5, 0.6) is 0 Å². The van der Waals surface area contributed by atoms with E-state index in [-0.39, 0.29) is 6.04 Å². The highest BCUT2D eigenvalue weighted by Crippen LogP contribution is 2.50. The van der Waals surface area contributed by atoms with Gasteiger partial charge in [-0.15, -0.1) is 0 Å². The van der Waals surface area contributed by atoms with E-state index < -0.39 is 29.5 Å². The second-order valence-electron chi connectivity index (χ2n) is 10.1. The van der Waals surface area contributed by atoms with E-state index in [1.54, 1.807) is 30.6 Å². The van der Waals surface area contributed by atoms with E-state index in [0.29, 0.717) is 48.7 Å². The van der Waals surface area contributed by atoms with Crippen molar-refractivity contribution in [3.05, 3.63) is 84.3 Å². The highest BCUT2D eigenvalue weighted by Gasteiger charge is 2.71. The number of nitrogens with zero attached hydrogens (tertiary/aromatic N) is 4. The third-order valence-electron chi connectivity index (χ3n) is 7.25. The van der Waals surface area contributed by atoms with Gasteiger partial charge in [0.2, 0.25) is 0 Å². The van der Waals surface area contributed by atoms with Crippen LogP contribution in [0, 0.1) is 0 Å². The summed E-state index contributed by atoms with van der Waals surface area (Å²) in [4.78, 5) is 18.3. The number of carbonyl (C=O) groups excluding carboxylic acids is 1. The number of halogens is 6. The fourth-order valence-electron chi connectivity index (χ4n) is 4.98. The first-order chi connectivity index (χ1) is 19.8. The molecule has 4 aromatic rings. The van der Waals surface area contributed by atoms with Gasteiger partial charge in [-0.3, -0.25) is 14.6 Å². The Morgan fingerprint density at radius 1 is 0.881 bits per heavy atom. The molecule has 2 aromatic heterocycles. The minimum Gasteiger partial charge on any atom is -0.369 e. The molecular weight excluding hydrogens is 566 g/mol. The van der Waals surface area contributed by atoms with Gasteiger partial charge < -0.3 is 15.7 Å². The molecule has 0 bridgehead atoms. The van der Waals surface area contributed by atoms with Crippen molar-refractivity contribution in [2.75, 3.05) is 23.7 Å². The van der Waals surface area contributed by atoms with Crippen molar-refractivity contribution in [3.63, 3.8) is 0 Å². The van der Waals surface area contributed by atoms with Gasteiger partial charge in [0.25, 0.3) is 5.60 Å². The lowest BCUT2D eigenvalue weighted by Gasteiger charge is -2.33. The summed E-state index contributed by atoms with van der Waals surface area (Å²) in [5.41, 5.74) is -3.72. The Labute approximate surface area is 236 Å². The second kappa shape index (κ2) is 11.2. The first kappa shape index (κ1) is 29.3. The maximum absolute atomic E-state index is 13.1. The Kier molecular flexibility index (Phi) is 7.86. The van der Waals surface area contributed by atoms with Crippen LogP contribution in [-0.2, 0) is 12.1 Å². The van der Waals surface area contributed by atoms with Gasteiger partial charge in [-0.25, -0.2) is 4.79 Å². The van der Waals surface area contributed by atoms with Crippen LogP contribution in [0.25, 0.3) is 10.9 Å². The largest absolute Gasteiger partial charge is 0.430 e. The van der Waals surface area contributed by atoms with Crippen LogP contribution in [0.3, 0.4) is 0 Å². The molecule has 1 saturated heterocycles. The van der Waals surface area contributed by atoms with Gasteiger partial charge in [0.05, 0.1) is 11.6 Å². The summed E-state index contributed by atoms with van der Waals surface area (Å²) in [6, 6.07) is 12.1. The standard InChI is InChI=1S/C28H26F6N6O2/c29-27(30,31)26(42,28(32,33)34)20-3-1-18(2-4-20)16-39-13-9-23(10-14-39)40-17-19-15-22(5-6-24(19)38-40)37-25(41)36-21-7-11-35-12-8-21/h1-8,11-12,15,17,23,42H,9-10,13-14,16H2,(H2,35,36,37,41). The van der Waals surface area contributed by atoms with Gasteiger partial charge in [0, 0.05) is 60.5 Å². The molecule has 42 heavy (non-hydrogen) atoms. The molecule has 0 spiro atoms. The van der Waals surface area contributed by atoms with Crippen LogP contribution in [-0.4, -0.2) is 56.2 Å². The summed E-state index contributed by atoms with van der Waals surface area (Å²) >= 11 is 0. The number of aromatic nitrogens is 3. The number of benzene rings is 2. The molecule has 2 aromatic carbocycles. The molecule has 3 heterocycles. The Hall–Kier alpha value is -4.17. The Morgan fingerprint density at radius 3 is 2.12 bits per heavy atom. The lowest BCUT2D eigenvalue weighted by Crippen LogP contribution is -2.53. The van der Waals surface area contributed by atoms with Crippen molar-refractivity contribution >= 4 is 28.3 Å². The van der Waals surface area contributed by atoms with E-state index in [4.69, 9.17) is 0 Å². The number of likely N-dealkylation sites (tertiary alicyclic amines) is 1. The predicted octanol–water partition coefficient (Wildman–Crippen LogP) is 6.22. The fraction of sp³-hybridized carbons (Fsp3) is 0.321. The molecule has 222 valence electrons. The van der Waals surface area contributed by atoms with Gasteiger partial charge in [0.1, 0.15) is 0 Å². The Bertz CT molecular complexity index is 1520. The van der Waals surface area contributed by atoms with E-state index in [2.05, 4.69) is 25.6 Å². The molecule has 14 heteroatoms. The van der Waals surface area contributed by atoms with E-state index in [0.717, 1.165) is 23.7 Å². The monoisotopic (exact) mass is 592 g/mol. The number of amides is 2. The van der Waals surface area contributed by atoms with Crippen LogP contribution in [0.15, 0.2) is 73.2 Å². The topological polar surface area (TPSA) is 95.3 Å². The maximum Gasteiger partial charge on any atom is 0.430 e. The third kappa shape index (κ3) is 6.04. The smallest absolute Gasteiger partial charge is 0.369 e.